The summed E-state index contributed by atoms with van der Waals surface area (Å²) in [4.78, 5) is 42.6. The Kier molecular flexibility index (Phi) is 6.19. The average Bonchev–Trinajstić information content (AvgIpc) is 3.14. The summed E-state index contributed by atoms with van der Waals surface area (Å²) in [6.45, 7) is 2.75. The standard InChI is InChI=1S/C18H19FN4O4S/c1-12(24)20-18-21-14(11-28-18)17(26)27-10-16(25)23-8-6-22(7-9-23)15-5-3-2-4-13(15)19/h2-5,11H,6-10H2,1H3,(H,20,21,24). The molecule has 3 rings (SSSR count). The fourth-order valence-electron chi connectivity index (χ4n) is 2.77. The summed E-state index contributed by atoms with van der Waals surface area (Å²) in [5.41, 5.74) is 0.547. The molecule has 1 saturated heterocycles. The number of para-hydroxylation sites is 1. The third-order valence-corrected chi connectivity index (χ3v) is 4.91. The van der Waals surface area contributed by atoms with Crippen LogP contribution in [0.2, 0.25) is 0 Å². The molecule has 28 heavy (non-hydrogen) atoms. The summed E-state index contributed by atoms with van der Waals surface area (Å²) in [5, 5.41) is 4.21. The van der Waals surface area contributed by atoms with Gasteiger partial charge in [0.25, 0.3) is 5.91 Å². The number of ether oxygens (including phenoxy) is 1. The van der Waals surface area contributed by atoms with Crippen LogP contribution in [0.4, 0.5) is 15.2 Å². The van der Waals surface area contributed by atoms with E-state index >= 15 is 0 Å². The van der Waals surface area contributed by atoms with Gasteiger partial charge in [-0.25, -0.2) is 14.2 Å². The van der Waals surface area contributed by atoms with Crippen LogP contribution in [0.15, 0.2) is 29.6 Å². The Morgan fingerprint density at radius 3 is 2.61 bits per heavy atom. The maximum Gasteiger partial charge on any atom is 0.358 e. The predicted molar refractivity (Wildman–Crippen MR) is 102 cm³/mol. The van der Waals surface area contributed by atoms with Crippen molar-refractivity contribution in [3.63, 3.8) is 0 Å². The quantitative estimate of drug-likeness (QED) is 0.761. The van der Waals surface area contributed by atoms with E-state index in [0.717, 1.165) is 11.3 Å². The molecule has 1 fully saturated rings. The van der Waals surface area contributed by atoms with Crippen LogP contribution in [0.3, 0.4) is 0 Å². The summed E-state index contributed by atoms with van der Waals surface area (Å²) in [7, 11) is 0. The Hall–Kier alpha value is -3.01. The molecule has 1 aromatic heterocycles. The first kappa shape index (κ1) is 19.7. The number of benzene rings is 1. The zero-order valence-corrected chi connectivity index (χ0v) is 16.0. The van der Waals surface area contributed by atoms with Crippen molar-refractivity contribution in [1.82, 2.24) is 9.88 Å². The minimum absolute atomic E-state index is 0.0333. The van der Waals surface area contributed by atoms with Crippen LogP contribution in [-0.4, -0.2) is 60.5 Å². The molecule has 0 spiro atoms. The number of amides is 2. The van der Waals surface area contributed by atoms with Crippen LogP contribution in [0.5, 0.6) is 0 Å². The summed E-state index contributed by atoms with van der Waals surface area (Å²) < 4.78 is 18.9. The molecule has 1 aliphatic rings. The van der Waals surface area contributed by atoms with Gasteiger partial charge in [0.1, 0.15) is 5.82 Å². The van der Waals surface area contributed by atoms with E-state index in [9.17, 15) is 18.8 Å². The lowest BCUT2D eigenvalue weighted by atomic mass is 10.2. The highest BCUT2D eigenvalue weighted by molar-refractivity contribution is 7.14. The summed E-state index contributed by atoms with van der Waals surface area (Å²) in [5.74, 6) is -1.64. The first-order chi connectivity index (χ1) is 13.4. The lowest BCUT2D eigenvalue weighted by Crippen LogP contribution is -2.50. The van der Waals surface area contributed by atoms with E-state index in [0.29, 0.717) is 31.9 Å². The normalized spacial score (nSPS) is 13.9. The predicted octanol–water partition coefficient (Wildman–Crippen LogP) is 1.75. The van der Waals surface area contributed by atoms with Crippen molar-refractivity contribution in [2.45, 2.75) is 6.92 Å². The van der Waals surface area contributed by atoms with E-state index in [-0.39, 0.29) is 28.5 Å². The van der Waals surface area contributed by atoms with Gasteiger partial charge in [-0.05, 0) is 12.1 Å². The number of rotatable bonds is 5. The van der Waals surface area contributed by atoms with Gasteiger partial charge in [0, 0.05) is 38.5 Å². The van der Waals surface area contributed by atoms with Crippen molar-refractivity contribution in [2.24, 2.45) is 0 Å². The Morgan fingerprint density at radius 1 is 1.21 bits per heavy atom. The van der Waals surface area contributed by atoms with E-state index in [1.54, 1.807) is 23.1 Å². The summed E-state index contributed by atoms with van der Waals surface area (Å²) in [6.07, 6.45) is 0. The second-order valence-corrected chi connectivity index (χ2v) is 6.97. The Morgan fingerprint density at radius 2 is 1.93 bits per heavy atom. The van der Waals surface area contributed by atoms with Gasteiger partial charge in [-0.1, -0.05) is 12.1 Å². The maximum atomic E-state index is 13.9. The largest absolute Gasteiger partial charge is 0.451 e. The monoisotopic (exact) mass is 406 g/mol. The van der Waals surface area contributed by atoms with Crippen molar-refractivity contribution in [2.75, 3.05) is 43.0 Å². The number of carbonyl (C=O) groups is 3. The second kappa shape index (κ2) is 8.79. The smallest absolute Gasteiger partial charge is 0.358 e. The molecule has 8 nitrogen and oxygen atoms in total. The van der Waals surface area contributed by atoms with Crippen LogP contribution >= 0.6 is 11.3 Å². The Labute approximate surface area is 164 Å². The van der Waals surface area contributed by atoms with E-state index in [4.69, 9.17) is 4.74 Å². The fourth-order valence-corrected chi connectivity index (χ4v) is 3.50. The molecular weight excluding hydrogens is 387 g/mol. The first-order valence-electron chi connectivity index (χ1n) is 8.61. The van der Waals surface area contributed by atoms with Crippen LogP contribution in [0.25, 0.3) is 0 Å². The number of piperazine rings is 1. The molecule has 1 aliphatic heterocycles. The molecule has 10 heteroatoms. The number of anilines is 2. The van der Waals surface area contributed by atoms with Gasteiger partial charge in [0.15, 0.2) is 17.4 Å². The van der Waals surface area contributed by atoms with Gasteiger partial charge >= 0.3 is 5.97 Å². The van der Waals surface area contributed by atoms with E-state index < -0.39 is 12.6 Å². The Balaban J connectivity index is 1.47. The summed E-state index contributed by atoms with van der Waals surface area (Å²) >= 11 is 1.09. The zero-order chi connectivity index (χ0) is 20.1. The van der Waals surface area contributed by atoms with Crippen molar-refractivity contribution in [3.05, 3.63) is 41.2 Å². The lowest BCUT2D eigenvalue weighted by Gasteiger charge is -2.36. The maximum absolute atomic E-state index is 13.9. The third kappa shape index (κ3) is 4.83. The highest BCUT2D eigenvalue weighted by Crippen LogP contribution is 2.20. The third-order valence-electron chi connectivity index (χ3n) is 4.15. The second-order valence-electron chi connectivity index (χ2n) is 6.11. The lowest BCUT2D eigenvalue weighted by molar-refractivity contribution is -0.134. The zero-order valence-electron chi connectivity index (χ0n) is 15.2. The first-order valence-corrected chi connectivity index (χ1v) is 9.49. The molecule has 1 aromatic carbocycles. The van der Waals surface area contributed by atoms with Gasteiger partial charge in [-0.3, -0.25) is 9.59 Å². The summed E-state index contributed by atoms with van der Waals surface area (Å²) in [6, 6.07) is 6.51. The molecule has 0 unspecified atom stereocenters. The molecule has 2 amide bonds. The number of halogens is 1. The molecule has 2 heterocycles. The Bertz CT molecular complexity index is 880. The van der Waals surface area contributed by atoms with Crippen LogP contribution in [-0.2, 0) is 14.3 Å². The number of esters is 1. The molecule has 0 atom stereocenters. The molecule has 148 valence electrons. The minimum atomic E-state index is -0.730. The minimum Gasteiger partial charge on any atom is -0.451 e. The van der Waals surface area contributed by atoms with Crippen LogP contribution in [0, 0.1) is 5.82 Å². The average molecular weight is 406 g/mol. The van der Waals surface area contributed by atoms with E-state index in [1.165, 1.54) is 18.4 Å². The molecule has 0 aliphatic carbocycles. The highest BCUT2D eigenvalue weighted by Gasteiger charge is 2.24. The number of hydrogen-bond acceptors (Lipinski definition) is 7. The molecule has 0 bridgehead atoms. The van der Waals surface area contributed by atoms with E-state index in [1.807, 2.05) is 4.90 Å². The SMILES string of the molecule is CC(=O)Nc1nc(C(=O)OCC(=O)N2CCN(c3ccccc3F)CC2)cs1. The van der Waals surface area contributed by atoms with Crippen LogP contribution in [0.1, 0.15) is 17.4 Å². The molecule has 0 radical (unpaired) electrons. The highest BCUT2D eigenvalue weighted by atomic mass is 32.1. The number of carbonyl (C=O) groups excluding carboxylic acids is 3. The molecule has 0 saturated carbocycles. The number of thiazole rings is 1. The van der Waals surface area contributed by atoms with E-state index in [2.05, 4.69) is 10.3 Å². The molecular formula is C18H19FN4O4S. The van der Waals surface area contributed by atoms with Gasteiger partial charge in [-0.2, -0.15) is 0 Å². The van der Waals surface area contributed by atoms with Crippen molar-refractivity contribution >= 4 is 39.9 Å². The van der Waals surface area contributed by atoms with Gasteiger partial charge in [0.2, 0.25) is 5.91 Å². The fraction of sp³-hybridized carbons (Fsp3) is 0.333. The van der Waals surface area contributed by atoms with Gasteiger partial charge in [-0.15, -0.1) is 11.3 Å². The van der Waals surface area contributed by atoms with Crippen LogP contribution < -0.4 is 10.2 Å². The number of aromatic nitrogens is 1. The van der Waals surface area contributed by atoms with Gasteiger partial charge in [0.05, 0.1) is 5.69 Å². The van der Waals surface area contributed by atoms with Crippen molar-refractivity contribution in [3.8, 4) is 0 Å². The molecule has 1 N–H and O–H groups in total. The number of nitrogens with one attached hydrogen (secondary N) is 1. The van der Waals surface area contributed by atoms with Crippen molar-refractivity contribution < 1.29 is 23.5 Å². The number of nitrogens with zero attached hydrogens (tertiary/aromatic N) is 3. The van der Waals surface area contributed by atoms with Gasteiger partial charge < -0.3 is 19.9 Å². The number of hydrogen-bond donors (Lipinski definition) is 1. The topological polar surface area (TPSA) is 91.8 Å². The van der Waals surface area contributed by atoms with Crippen molar-refractivity contribution in [1.29, 1.82) is 0 Å². The molecule has 2 aromatic rings.